The van der Waals surface area contributed by atoms with Gasteiger partial charge in [-0.15, -0.1) is 0 Å². The summed E-state index contributed by atoms with van der Waals surface area (Å²) >= 11 is 0. The predicted molar refractivity (Wildman–Crippen MR) is 159 cm³/mol. The van der Waals surface area contributed by atoms with E-state index < -0.39 is 0 Å². The highest BCUT2D eigenvalue weighted by Crippen LogP contribution is 2.37. The molecule has 0 aliphatic carbocycles. The van der Waals surface area contributed by atoms with Crippen molar-refractivity contribution in [3.05, 3.63) is 59.2 Å². The van der Waals surface area contributed by atoms with Gasteiger partial charge in [-0.3, -0.25) is 0 Å². The van der Waals surface area contributed by atoms with Crippen LogP contribution in [-0.4, -0.2) is 0 Å². The molecule has 0 nitrogen and oxygen atoms in total. The Bertz CT molecular complexity index is 1030. The lowest BCUT2D eigenvalue weighted by molar-refractivity contribution is 0.589. The molecular weight excluding hydrogens is 420 g/mol. The molecule has 0 N–H and O–H groups in total. The van der Waals surface area contributed by atoms with Crippen molar-refractivity contribution in [2.75, 3.05) is 0 Å². The normalized spacial score (nSPS) is 12.1. The van der Waals surface area contributed by atoms with Crippen LogP contribution in [0.2, 0.25) is 0 Å². The molecule has 3 aromatic rings. The molecular formula is C35H52. The van der Waals surface area contributed by atoms with Crippen LogP contribution in [0, 0.1) is 0 Å². The minimum Gasteiger partial charge on any atom is -0.0654 e. The van der Waals surface area contributed by atoms with E-state index >= 15 is 0 Å². The molecule has 0 aliphatic rings. The number of hydrogen-bond donors (Lipinski definition) is 0. The monoisotopic (exact) mass is 472 g/mol. The van der Waals surface area contributed by atoms with Gasteiger partial charge in [0.25, 0.3) is 0 Å². The first-order chi connectivity index (χ1) is 17.0. The molecule has 0 spiro atoms. The highest BCUT2D eigenvalue weighted by Gasteiger charge is 2.18. The van der Waals surface area contributed by atoms with Gasteiger partial charge < -0.3 is 0 Å². The van der Waals surface area contributed by atoms with E-state index in [1.165, 1.54) is 123 Å². The van der Waals surface area contributed by atoms with Gasteiger partial charge in [0, 0.05) is 0 Å². The lowest BCUT2D eigenvalue weighted by Gasteiger charge is -2.23. The molecule has 3 aromatic carbocycles. The summed E-state index contributed by atoms with van der Waals surface area (Å²) in [7, 11) is 0. The molecule has 0 saturated heterocycles. The van der Waals surface area contributed by atoms with Crippen molar-refractivity contribution in [1.82, 2.24) is 0 Å². The maximum absolute atomic E-state index is 2.54. The molecule has 192 valence electrons. The van der Waals surface area contributed by atoms with Crippen molar-refractivity contribution in [3.8, 4) is 0 Å². The third-order valence-electron chi connectivity index (χ3n) is 7.92. The SMILES string of the molecule is CCCCCCCCCc1c2ccccc2c(CCCCCCCC)c2cc(C(C)(C)C)ccc12. The molecule has 0 fully saturated rings. The minimum atomic E-state index is 0.176. The first kappa shape index (κ1) is 27.8. The van der Waals surface area contributed by atoms with E-state index in [2.05, 4.69) is 77.1 Å². The maximum Gasteiger partial charge on any atom is -0.0132 e. The quantitative estimate of drug-likeness (QED) is 0.152. The van der Waals surface area contributed by atoms with E-state index in [1.54, 1.807) is 11.1 Å². The summed E-state index contributed by atoms with van der Waals surface area (Å²) in [5.74, 6) is 0. The van der Waals surface area contributed by atoms with Crippen LogP contribution < -0.4 is 0 Å². The molecule has 0 bridgehead atoms. The first-order valence-corrected chi connectivity index (χ1v) is 14.9. The standard InChI is InChI=1S/C35H52/c1-6-8-10-12-14-16-17-21-31-29-23-19-20-24-30(29)32(22-18-15-13-11-9-7-2)34-27-28(35(3,4)5)25-26-33(31)34/h19-20,23-27H,6-18,21-22H2,1-5H3. The second-order valence-electron chi connectivity index (χ2n) is 11.9. The summed E-state index contributed by atoms with van der Waals surface area (Å²) in [6, 6.07) is 16.7. The van der Waals surface area contributed by atoms with E-state index in [9.17, 15) is 0 Å². The van der Waals surface area contributed by atoms with Crippen LogP contribution in [0.1, 0.15) is 135 Å². The number of rotatable bonds is 15. The average molecular weight is 473 g/mol. The molecule has 0 unspecified atom stereocenters. The van der Waals surface area contributed by atoms with Gasteiger partial charge in [-0.05, 0) is 69.3 Å². The summed E-state index contributed by atoms with van der Waals surface area (Å²) in [6.45, 7) is 11.7. The van der Waals surface area contributed by atoms with Crippen molar-refractivity contribution in [3.63, 3.8) is 0 Å². The molecule has 0 radical (unpaired) electrons. The number of benzene rings is 3. The van der Waals surface area contributed by atoms with Gasteiger partial charge in [-0.2, -0.15) is 0 Å². The Morgan fingerprint density at radius 3 is 1.40 bits per heavy atom. The zero-order valence-electron chi connectivity index (χ0n) is 23.6. The number of hydrogen-bond acceptors (Lipinski definition) is 0. The van der Waals surface area contributed by atoms with Crippen LogP contribution >= 0.6 is 0 Å². The van der Waals surface area contributed by atoms with Gasteiger partial charge in [-0.1, -0.05) is 148 Å². The molecule has 0 aromatic heterocycles. The zero-order chi connectivity index (χ0) is 25.1. The summed E-state index contributed by atoms with van der Waals surface area (Å²) in [5, 5.41) is 6.07. The van der Waals surface area contributed by atoms with Crippen LogP contribution in [0.3, 0.4) is 0 Å². The van der Waals surface area contributed by atoms with Crippen molar-refractivity contribution in [1.29, 1.82) is 0 Å². The molecule has 0 aliphatic heterocycles. The number of aryl methyl sites for hydroxylation is 2. The van der Waals surface area contributed by atoms with E-state index in [-0.39, 0.29) is 5.41 Å². The van der Waals surface area contributed by atoms with Crippen LogP contribution in [0.5, 0.6) is 0 Å². The Morgan fingerprint density at radius 2 is 0.914 bits per heavy atom. The second-order valence-corrected chi connectivity index (χ2v) is 11.9. The molecule has 0 heterocycles. The third kappa shape index (κ3) is 7.83. The second kappa shape index (κ2) is 14.1. The summed E-state index contributed by atoms with van der Waals surface area (Å²) in [5.41, 5.74) is 4.83. The highest BCUT2D eigenvalue weighted by molar-refractivity contribution is 6.06. The third-order valence-corrected chi connectivity index (χ3v) is 7.92. The van der Waals surface area contributed by atoms with Crippen LogP contribution in [0.15, 0.2) is 42.5 Å². The fraction of sp³-hybridized carbons (Fsp3) is 0.600. The van der Waals surface area contributed by atoms with Crippen molar-refractivity contribution < 1.29 is 0 Å². The molecule has 0 atom stereocenters. The fourth-order valence-electron chi connectivity index (χ4n) is 5.70. The van der Waals surface area contributed by atoms with Crippen LogP contribution in [0.25, 0.3) is 21.5 Å². The largest absolute Gasteiger partial charge is 0.0654 e. The van der Waals surface area contributed by atoms with Gasteiger partial charge in [0.2, 0.25) is 0 Å². The first-order valence-electron chi connectivity index (χ1n) is 14.9. The maximum atomic E-state index is 2.54. The zero-order valence-corrected chi connectivity index (χ0v) is 23.6. The average Bonchev–Trinajstić information content (AvgIpc) is 2.85. The number of unbranched alkanes of at least 4 members (excludes halogenated alkanes) is 11. The Labute approximate surface area is 216 Å². The molecule has 0 heteroatoms. The van der Waals surface area contributed by atoms with Gasteiger partial charge in [0.05, 0.1) is 0 Å². The summed E-state index contributed by atoms with van der Waals surface area (Å²) in [6.07, 6.45) is 20.1. The van der Waals surface area contributed by atoms with E-state index in [0.29, 0.717) is 0 Å². The van der Waals surface area contributed by atoms with E-state index in [0.717, 1.165) is 0 Å². The van der Waals surface area contributed by atoms with E-state index in [4.69, 9.17) is 0 Å². The molecule has 0 saturated carbocycles. The van der Waals surface area contributed by atoms with E-state index in [1.807, 2.05) is 0 Å². The van der Waals surface area contributed by atoms with Gasteiger partial charge in [-0.25, -0.2) is 0 Å². The molecule has 3 rings (SSSR count). The lowest BCUT2D eigenvalue weighted by Crippen LogP contribution is -2.11. The van der Waals surface area contributed by atoms with Crippen molar-refractivity contribution in [2.45, 2.75) is 136 Å². The van der Waals surface area contributed by atoms with Crippen molar-refractivity contribution >= 4 is 21.5 Å². The van der Waals surface area contributed by atoms with Gasteiger partial charge >= 0.3 is 0 Å². The Hall–Kier alpha value is -1.82. The Kier molecular flexibility index (Phi) is 11.1. The predicted octanol–water partition coefficient (Wildman–Crippen LogP) is 11.5. The highest BCUT2D eigenvalue weighted by atomic mass is 14.2. The molecule has 35 heavy (non-hydrogen) atoms. The summed E-state index contributed by atoms with van der Waals surface area (Å²) < 4.78 is 0. The fourth-order valence-corrected chi connectivity index (χ4v) is 5.70. The topological polar surface area (TPSA) is 0 Å². The lowest BCUT2D eigenvalue weighted by atomic mass is 9.82. The Morgan fingerprint density at radius 1 is 0.486 bits per heavy atom. The van der Waals surface area contributed by atoms with Crippen molar-refractivity contribution in [2.24, 2.45) is 0 Å². The minimum absolute atomic E-state index is 0.176. The van der Waals surface area contributed by atoms with Crippen LogP contribution in [0.4, 0.5) is 0 Å². The summed E-state index contributed by atoms with van der Waals surface area (Å²) in [4.78, 5) is 0. The van der Waals surface area contributed by atoms with Gasteiger partial charge in [0.1, 0.15) is 0 Å². The smallest absolute Gasteiger partial charge is 0.0132 e. The number of fused-ring (bicyclic) bond motifs is 2. The van der Waals surface area contributed by atoms with Crippen LogP contribution in [-0.2, 0) is 18.3 Å². The van der Waals surface area contributed by atoms with Gasteiger partial charge in [0.15, 0.2) is 0 Å². The molecule has 0 amide bonds. The Balaban J connectivity index is 1.92.